The van der Waals surface area contributed by atoms with E-state index in [2.05, 4.69) is 14.8 Å². The predicted octanol–water partition coefficient (Wildman–Crippen LogP) is 2.85. The number of nitrogens with zero attached hydrogens (tertiary/aromatic N) is 5. The van der Waals surface area contributed by atoms with Crippen LogP contribution in [0.3, 0.4) is 0 Å². The Morgan fingerprint density at radius 3 is 2.71 bits per heavy atom. The van der Waals surface area contributed by atoms with E-state index in [1.54, 1.807) is 0 Å². The van der Waals surface area contributed by atoms with Crippen molar-refractivity contribution in [3.05, 3.63) is 65.5 Å². The summed E-state index contributed by atoms with van der Waals surface area (Å²) in [4.78, 5) is 40.3. The number of amides is 1. The molecule has 0 bridgehead atoms. The summed E-state index contributed by atoms with van der Waals surface area (Å²) in [7, 11) is -0.319. The third kappa shape index (κ3) is 4.12. The van der Waals surface area contributed by atoms with Gasteiger partial charge in [0.1, 0.15) is 12.4 Å². The summed E-state index contributed by atoms with van der Waals surface area (Å²) in [6.07, 6.45) is 5.17. The Kier molecular flexibility index (Phi) is 6.20. The first-order valence-electron chi connectivity index (χ1n) is 10.2. The van der Waals surface area contributed by atoms with E-state index in [4.69, 9.17) is 6.57 Å². The van der Waals surface area contributed by atoms with Crippen LogP contribution in [-0.4, -0.2) is 44.7 Å². The van der Waals surface area contributed by atoms with Crippen LogP contribution in [0.2, 0.25) is 0 Å². The third-order valence-electron chi connectivity index (χ3n) is 5.79. The number of Topliss-reactive ketones (excluding diaryl/α,β-unsaturated/α-hetero) is 1. The minimum Gasteiger partial charge on any atom is -0.307 e. The summed E-state index contributed by atoms with van der Waals surface area (Å²) in [5, 5.41) is 9.42. The van der Waals surface area contributed by atoms with Crippen LogP contribution < -0.4 is 4.90 Å². The van der Waals surface area contributed by atoms with Crippen molar-refractivity contribution in [3.63, 3.8) is 0 Å². The maximum atomic E-state index is 13.5. The van der Waals surface area contributed by atoms with Gasteiger partial charge in [-0.15, -0.1) is 0 Å². The van der Waals surface area contributed by atoms with Gasteiger partial charge >= 0.3 is 0 Å². The van der Waals surface area contributed by atoms with Crippen molar-refractivity contribution in [2.75, 3.05) is 23.0 Å². The third-order valence-corrected chi connectivity index (χ3v) is 8.19. The Balaban J connectivity index is 1.73. The van der Waals surface area contributed by atoms with E-state index in [1.165, 1.54) is 17.4 Å². The van der Waals surface area contributed by atoms with Crippen LogP contribution in [0.15, 0.2) is 42.9 Å². The van der Waals surface area contributed by atoms with Crippen LogP contribution in [0, 0.1) is 29.7 Å². The van der Waals surface area contributed by atoms with Gasteiger partial charge in [-0.1, -0.05) is 30.3 Å². The molecule has 2 aliphatic heterocycles. The van der Waals surface area contributed by atoms with E-state index in [-0.39, 0.29) is 34.4 Å². The second-order valence-electron chi connectivity index (χ2n) is 7.61. The molecule has 0 spiro atoms. The lowest BCUT2D eigenvalue weighted by atomic mass is 9.86. The van der Waals surface area contributed by atoms with Crippen molar-refractivity contribution >= 4 is 32.9 Å². The van der Waals surface area contributed by atoms with E-state index < -0.39 is 11.8 Å². The molecule has 3 heterocycles. The van der Waals surface area contributed by atoms with Gasteiger partial charge in [-0.2, -0.15) is 15.7 Å². The maximum Gasteiger partial charge on any atom is 0.255 e. The number of ketones is 1. The quantitative estimate of drug-likeness (QED) is 0.536. The molecular formula is C23H21N5O2S. The van der Waals surface area contributed by atoms with Gasteiger partial charge in [0.15, 0.2) is 11.5 Å². The first-order valence-corrected chi connectivity index (χ1v) is 11.7. The number of anilines is 1. The van der Waals surface area contributed by atoms with E-state index in [0.717, 1.165) is 29.9 Å². The van der Waals surface area contributed by atoms with Gasteiger partial charge in [-0.3, -0.25) is 4.79 Å². The van der Waals surface area contributed by atoms with Gasteiger partial charge in [-0.05, 0) is 36.3 Å². The van der Waals surface area contributed by atoms with E-state index in [9.17, 15) is 14.9 Å². The molecule has 1 amide bonds. The minimum atomic E-state index is -0.628. The predicted molar refractivity (Wildman–Crippen MR) is 119 cm³/mol. The molecule has 7 nitrogen and oxygen atoms in total. The number of hydrogen-bond donors (Lipinski definition) is 0. The highest BCUT2D eigenvalue weighted by molar-refractivity contribution is 8.17. The molecule has 156 valence electrons. The van der Waals surface area contributed by atoms with Crippen LogP contribution in [0.25, 0.3) is 4.85 Å². The van der Waals surface area contributed by atoms with Crippen LogP contribution in [0.4, 0.5) is 5.69 Å². The molecule has 2 saturated heterocycles. The molecule has 0 aliphatic carbocycles. The number of benzene rings is 1. The number of rotatable bonds is 5. The van der Waals surface area contributed by atoms with Crippen LogP contribution in [0.1, 0.15) is 24.1 Å². The molecule has 31 heavy (non-hydrogen) atoms. The van der Waals surface area contributed by atoms with Gasteiger partial charge in [-0.25, -0.2) is 14.8 Å². The van der Waals surface area contributed by atoms with E-state index in [1.807, 2.05) is 36.4 Å². The van der Waals surface area contributed by atoms with Crippen molar-refractivity contribution in [1.82, 2.24) is 9.97 Å². The normalized spacial score (nSPS) is 21.0. The first-order chi connectivity index (χ1) is 15.1. The topological polar surface area (TPSA) is 91.3 Å². The minimum absolute atomic E-state index is 0.0990. The molecule has 4 rings (SSSR count). The van der Waals surface area contributed by atoms with E-state index >= 15 is 0 Å². The van der Waals surface area contributed by atoms with Crippen molar-refractivity contribution < 1.29 is 9.59 Å². The second-order valence-corrected chi connectivity index (χ2v) is 9.80. The molecule has 0 radical (unpaired) electrons. The Bertz CT molecular complexity index is 1120. The summed E-state index contributed by atoms with van der Waals surface area (Å²) in [5.74, 6) is 0.0890. The molecule has 0 N–H and O–H groups in total. The zero-order valence-corrected chi connectivity index (χ0v) is 17.7. The summed E-state index contributed by atoms with van der Waals surface area (Å²) < 4.78 is 0. The summed E-state index contributed by atoms with van der Waals surface area (Å²) >= 11 is 0. The lowest BCUT2D eigenvalue weighted by Crippen LogP contribution is -2.30. The van der Waals surface area contributed by atoms with Gasteiger partial charge in [0.25, 0.3) is 4.99 Å². The Morgan fingerprint density at radius 1 is 1.29 bits per heavy atom. The second kappa shape index (κ2) is 9.20. The molecule has 2 aliphatic rings. The number of aromatic nitrogens is 2. The summed E-state index contributed by atoms with van der Waals surface area (Å²) in [6.45, 7) is 7.78. The van der Waals surface area contributed by atoms with Crippen LogP contribution >= 0.6 is 10.5 Å². The van der Waals surface area contributed by atoms with Crippen molar-refractivity contribution in [1.29, 1.82) is 5.26 Å². The zero-order valence-electron chi connectivity index (χ0n) is 16.9. The highest BCUT2D eigenvalue weighted by Gasteiger charge is 2.46. The number of carbonyl (C=O) groups excluding carboxylic acids is 2. The highest BCUT2D eigenvalue weighted by atomic mass is 32.2. The van der Waals surface area contributed by atoms with Gasteiger partial charge in [0, 0.05) is 12.5 Å². The maximum absolute atomic E-state index is 13.5. The Morgan fingerprint density at radius 2 is 2.03 bits per heavy atom. The van der Waals surface area contributed by atoms with Gasteiger partial charge in [0.05, 0.1) is 24.4 Å². The fourth-order valence-corrected chi connectivity index (χ4v) is 6.50. The van der Waals surface area contributed by atoms with Crippen molar-refractivity contribution in [2.24, 2.45) is 11.8 Å². The van der Waals surface area contributed by atoms with Crippen molar-refractivity contribution in [3.8, 4) is 6.07 Å². The highest BCUT2D eigenvalue weighted by Crippen LogP contribution is 2.36. The average molecular weight is 432 g/mol. The molecule has 2 aromatic rings. The lowest BCUT2D eigenvalue weighted by Gasteiger charge is -2.16. The van der Waals surface area contributed by atoms with Gasteiger partial charge < -0.3 is 9.69 Å². The molecule has 2 atom stereocenters. The van der Waals surface area contributed by atoms with Crippen molar-refractivity contribution in [2.45, 2.75) is 19.3 Å². The molecule has 1 aromatic carbocycles. The fraction of sp³-hybridized carbons (Fsp3) is 0.348. The van der Waals surface area contributed by atoms with Crippen LogP contribution in [-0.2, 0) is 16.0 Å². The standard InChI is InChI=1S/C23H21N5O2S/c1-25-22(31-9-5-6-10-31)21(29)18-14-28(20-13-26-15-27-19(20)12-24)23(30)17(18)11-16-7-3-2-4-8-16/h2-4,7-8,13,15,17-18H,5-6,9-11,14H2/t17-,18+/m1/s1. The zero-order chi connectivity index (χ0) is 21.8. The average Bonchev–Trinajstić information content (AvgIpc) is 3.44. The van der Waals surface area contributed by atoms with Gasteiger partial charge in [0.2, 0.25) is 5.91 Å². The largest absolute Gasteiger partial charge is 0.307 e. The fourth-order valence-electron chi connectivity index (χ4n) is 4.24. The number of carbonyl (C=O) groups is 2. The summed E-state index contributed by atoms with van der Waals surface area (Å²) in [6, 6.07) is 11.6. The summed E-state index contributed by atoms with van der Waals surface area (Å²) in [5.41, 5.74) is 1.37. The molecular weight excluding hydrogens is 410 g/mol. The molecule has 1 aromatic heterocycles. The van der Waals surface area contributed by atoms with E-state index in [0.29, 0.717) is 17.1 Å². The first kappa shape index (κ1) is 20.9. The van der Waals surface area contributed by atoms with Crippen LogP contribution in [0.5, 0.6) is 0 Å². The monoisotopic (exact) mass is 431 g/mol. The smallest absolute Gasteiger partial charge is 0.255 e. The molecule has 0 saturated carbocycles. The molecule has 2 fully saturated rings. The number of hydrogen-bond acceptors (Lipinski definition) is 5. The molecule has 0 unspecified atom stereocenters. The SMILES string of the molecule is [C-]#[N+]C(C(=O)[C@H]1CN(c2cncnc2C#N)C(=O)[C@@H]1Cc1ccccc1)=S1CCCC1. The Hall–Kier alpha value is -3.36. The Labute approximate surface area is 183 Å². The number of nitriles is 1. The lowest BCUT2D eigenvalue weighted by molar-refractivity contribution is -0.124. The molecule has 8 heteroatoms.